The molecule has 0 amide bonds. The first kappa shape index (κ1) is 9.04. The van der Waals surface area contributed by atoms with E-state index < -0.39 is 0 Å². The molecular weight excluding hydrogens is 196 g/mol. The van der Waals surface area contributed by atoms with Gasteiger partial charge in [-0.3, -0.25) is 0 Å². The minimum absolute atomic E-state index is 0.903. The second kappa shape index (κ2) is 4.10. The Morgan fingerprint density at radius 3 is 2.64 bits per heavy atom. The SMILES string of the molecule is Sc1ccc(S)c(C=CCl)c1. The highest BCUT2D eigenvalue weighted by atomic mass is 35.5. The van der Waals surface area contributed by atoms with Gasteiger partial charge < -0.3 is 0 Å². The summed E-state index contributed by atoms with van der Waals surface area (Å²) >= 11 is 13.8. The molecule has 0 nitrogen and oxygen atoms in total. The summed E-state index contributed by atoms with van der Waals surface area (Å²) in [6.07, 6.45) is 1.78. The van der Waals surface area contributed by atoms with Gasteiger partial charge in [0, 0.05) is 15.3 Å². The van der Waals surface area contributed by atoms with Crippen LogP contribution in [0.15, 0.2) is 33.5 Å². The van der Waals surface area contributed by atoms with Gasteiger partial charge in [-0.05, 0) is 29.8 Å². The van der Waals surface area contributed by atoms with Crippen LogP contribution in [-0.4, -0.2) is 0 Å². The Hall–Kier alpha value is -0.0500. The van der Waals surface area contributed by atoms with Crippen molar-refractivity contribution in [2.24, 2.45) is 0 Å². The number of hydrogen-bond acceptors (Lipinski definition) is 2. The van der Waals surface area contributed by atoms with E-state index in [4.69, 9.17) is 11.6 Å². The maximum Gasteiger partial charge on any atom is 0.0114 e. The monoisotopic (exact) mass is 202 g/mol. The van der Waals surface area contributed by atoms with Gasteiger partial charge in [-0.25, -0.2) is 0 Å². The van der Waals surface area contributed by atoms with Crippen LogP contribution >= 0.6 is 36.9 Å². The van der Waals surface area contributed by atoms with Gasteiger partial charge in [-0.2, -0.15) is 0 Å². The molecule has 0 fully saturated rings. The molecule has 58 valence electrons. The third-order valence-electron chi connectivity index (χ3n) is 1.25. The smallest absolute Gasteiger partial charge is 0.0114 e. The van der Waals surface area contributed by atoms with Crippen LogP contribution in [0.1, 0.15) is 5.56 Å². The predicted octanol–water partition coefficient (Wildman–Crippen LogP) is 3.47. The van der Waals surface area contributed by atoms with Gasteiger partial charge in [-0.15, -0.1) is 25.3 Å². The summed E-state index contributed by atoms with van der Waals surface area (Å²) in [5.74, 6) is 0. The minimum atomic E-state index is 0.903. The highest BCUT2D eigenvalue weighted by Gasteiger charge is 1.93. The van der Waals surface area contributed by atoms with Crippen molar-refractivity contribution in [2.75, 3.05) is 0 Å². The van der Waals surface area contributed by atoms with Crippen LogP contribution in [0, 0.1) is 0 Å². The molecule has 0 atom stereocenters. The lowest BCUT2D eigenvalue weighted by molar-refractivity contribution is 1.34. The summed E-state index contributed by atoms with van der Waals surface area (Å²) in [6.45, 7) is 0. The van der Waals surface area contributed by atoms with Gasteiger partial charge in [-0.1, -0.05) is 11.6 Å². The quantitative estimate of drug-likeness (QED) is 0.641. The standard InChI is InChI=1S/C8H7ClS2/c9-4-3-6-5-7(10)1-2-8(6)11/h1-5,10-11H. The van der Waals surface area contributed by atoms with E-state index >= 15 is 0 Å². The second-order valence-electron chi connectivity index (χ2n) is 2.04. The molecule has 0 spiro atoms. The molecule has 0 radical (unpaired) electrons. The summed E-state index contributed by atoms with van der Waals surface area (Å²) in [7, 11) is 0. The van der Waals surface area contributed by atoms with Gasteiger partial charge in [0.1, 0.15) is 0 Å². The summed E-state index contributed by atoms with van der Waals surface area (Å²) in [4.78, 5) is 1.81. The number of benzene rings is 1. The van der Waals surface area contributed by atoms with Gasteiger partial charge in [0.05, 0.1) is 0 Å². The van der Waals surface area contributed by atoms with Crippen molar-refractivity contribution in [2.45, 2.75) is 9.79 Å². The average molecular weight is 203 g/mol. The molecule has 0 unspecified atom stereocenters. The highest BCUT2D eigenvalue weighted by molar-refractivity contribution is 7.80. The second-order valence-corrected chi connectivity index (χ2v) is 3.29. The number of halogens is 1. The third kappa shape index (κ3) is 2.47. The van der Waals surface area contributed by atoms with E-state index in [9.17, 15) is 0 Å². The van der Waals surface area contributed by atoms with Crippen LogP contribution in [0.4, 0.5) is 0 Å². The lowest BCUT2D eigenvalue weighted by Crippen LogP contribution is -1.75. The molecule has 1 aromatic rings. The molecule has 0 N–H and O–H groups in total. The summed E-state index contributed by atoms with van der Waals surface area (Å²) in [5, 5.41) is 0. The molecule has 0 saturated heterocycles. The van der Waals surface area contributed by atoms with Crippen LogP contribution in [0.2, 0.25) is 0 Å². The van der Waals surface area contributed by atoms with Gasteiger partial charge in [0.25, 0.3) is 0 Å². The molecule has 0 bridgehead atoms. The molecule has 0 heterocycles. The normalized spacial score (nSPS) is 10.8. The number of rotatable bonds is 1. The molecule has 0 aliphatic heterocycles. The first-order valence-electron chi connectivity index (χ1n) is 3.03. The zero-order chi connectivity index (χ0) is 8.27. The molecule has 3 heteroatoms. The van der Waals surface area contributed by atoms with E-state index in [0.29, 0.717) is 0 Å². The Bertz CT molecular complexity index is 281. The molecule has 0 saturated carbocycles. The van der Waals surface area contributed by atoms with Crippen LogP contribution in [0.3, 0.4) is 0 Å². The molecule has 0 aliphatic rings. The van der Waals surface area contributed by atoms with Gasteiger partial charge in [0.15, 0.2) is 0 Å². The lowest BCUT2D eigenvalue weighted by Gasteiger charge is -1.98. The zero-order valence-electron chi connectivity index (χ0n) is 5.66. The molecule has 0 aromatic heterocycles. The van der Waals surface area contributed by atoms with E-state index in [1.54, 1.807) is 6.08 Å². The van der Waals surface area contributed by atoms with Gasteiger partial charge in [0.2, 0.25) is 0 Å². The Morgan fingerprint density at radius 2 is 2.00 bits per heavy atom. The number of hydrogen-bond donors (Lipinski definition) is 2. The first-order valence-corrected chi connectivity index (χ1v) is 4.36. The molecular formula is C8H7ClS2. The Kier molecular flexibility index (Phi) is 3.37. The van der Waals surface area contributed by atoms with Gasteiger partial charge >= 0.3 is 0 Å². The molecule has 1 rings (SSSR count). The Labute approximate surface area is 82.1 Å². The van der Waals surface area contributed by atoms with Crippen molar-refractivity contribution in [3.05, 3.63) is 29.3 Å². The van der Waals surface area contributed by atoms with Crippen LogP contribution in [0.5, 0.6) is 0 Å². The Morgan fingerprint density at radius 1 is 1.27 bits per heavy atom. The van der Waals surface area contributed by atoms with Crippen LogP contribution in [-0.2, 0) is 0 Å². The fourth-order valence-electron chi connectivity index (χ4n) is 0.743. The topological polar surface area (TPSA) is 0 Å². The van der Waals surface area contributed by atoms with E-state index in [0.717, 1.165) is 15.4 Å². The van der Waals surface area contributed by atoms with Crippen molar-refractivity contribution in [1.82, 2.24) is 0 Å². The first-order chi connectivity index (χ1) is 5.24. The van der Waals surface area contributed by atoms with Crippen LogP contribution in [0.25, 0.3) is 6.08 Å². The maximum absolute atomic E-state index is 5.42. The van der Waals surface area contributed by atoms with Crippen LogP contribution < -0.4 is 0 Å². The third-order valence-corrected chi connectivity index (χ3v) is 2.07. The van der Waals surface area contributed by atoms with E-state index in [-0.39, 0.29) is 0 Å². The largest absolute Gasteiger partial charge is 0.143 e. The van der Waals surface area contributed by atoms with Crippen molar-refractivity contribution >= 4 is 42.9 Å². The fourth-order valence-corrected chi connectivity index (χ4v) is 1.31. The van der Waals surface area contributed by atoms with Crippen molar-refractivity contribution in [3.63, 3.8) is 0 Å². The van der Waals surface area contributed by atoms with E-state index in [2.05, 4.69) is 25.3 Å². The lowest BCUT2D eigenvalue weighted by atomic mass is 10.2. The van der Waals surface area contributed by atoms with E-state index in [1.165, 1.54) is 5.54 Å². The van der Waals surface area contributed by atoms with Crippen molar-refractivity contribution < 1.29 is 0 Å². The molecule has 1 aromatic carbocycles. The molecule has 0 aliphatic carbocycles. The number of thiol groups is 2. The summed E-state index contributed by atoms with van der Waals surface area (Å²) in [5.41, 5.74) is 2.44. The summed E-state index contributed by atoms with van der Waals surface area (Å²) in [6, 6.07) is 5.68. The highest BCUT2D eigenvalue weighted by Crippen LogP contribution is 2.19. The van der Waals surface area contributed by atoms with Crippen molar-refractivity contribution in [3.8, 4) is 0 Å². The predicted molar refractivity (Wildman–Crippen MR) is 55.8 cm³/mol. The average Bonchev–Trinajstić information content (AvgIpc) is 1.98. The van der Waals surface area contributed by atoms with Crippen molar-refractivity contribution in [1.29, 1.82) is 0 Å². The minimum Gasteiger partial charge on any atom is -0.143 e. The zero-order valence-corrected chi connectivity index (χ0v) is 8.20. The fraction of sp³-hybridized carbons (Fsp3) is 0. The Balaban J connectivity index is 3.12. The maximum atomic E-state index is 5.42. The molecule has 11 heavy (non-hydrogen) atoms. The summed E-state index contributed by atoms with van der Waals surface area (Å²) < 4.78 is 0. The van der Waals surface area contributed by atoms with E-state index in [1.807, 2.05) is 18.2 Å².